The molecule has 7 aromatic rings. The average molecular weight is 890 g/mol. The number of nitrogens with zero attached hydrogens (tertiary/aromatic N) is 1. The Morgan fingerprint density at radius 3 is 2.38 bits per heavy atom. The molecule has 1 amide bonds. The summed E-state index contributed by atoms with van der Waals surface area (Å²) in [5.41, 5.74) is 9.02. The molecule has 0 spiro atoms. The number of H-pyrrole nitrogens is 1. The van der Waals surface area contributed by atoms with Crippen molar-refractivity contribution in [1.82, 2.24) is 15.3 Å². The number of carbonyl (C=O) groups excluding carboxylic acids is 2. The van der Waals surface area contributed by atoms with Crippen molar-refractivity contribution < 1.29 is 29.3 Å². The second kappa shape index (κ2) is 22.9. The molecule has 6 N–H and O–H groups in total. The summed E-state index contributed by atoms with van der Waals surface area (Å²) in [6.45, 7) is 6.21. The molecule has 0 aliphatic rings. The zero-order chi connectivity index (χ0) is 46.4. The Morgan fingerprint density at radius 1 is 0.788 bits per heavy atom. The van der Waals surface area contributed by atoms with Crippen LogP contribution >= 0.6 is 0 Å². The SMILES string of the molecule is COc1cccc(Nc2c(C(C)=O)cnc3c(C)cc(Cc4cccc(C(=O)Nc5ccc(CCCCOCCCCCCNC[C@H](O)c6ccc(O)c7[nH]c(=O)ccc67)cc5)c4)cc23)c1. The lowest BCUT2D eigenvalue weighted by atomic mass is 9.96. The van der Waals surface area contributed by atoms with E-state index < -0.39 is 6.10 Å². The number of aliphatic hydroxyl groups is 1. The number of carbonyl (C=O) groups is 2. The van der Waals surface area contributed by atoms with Crippen LogP contribution in [0.15, 0.2) is 120 Å². The van der Waals surface area contributed by atoms with Crippen LogP contribution in [0.1, 0.15) is 100 Å². The maximum Gasteiger partial charge on any atom is 0.255 e. The molecule has 0 fully saturated rings. The molecule has 342 valence electrons. The number of fused-ring (bicyclic) bond motifs is 2. The normalized spacial score (nSPS) is 11.8. The number of aromatic nitrogens is 2. The number of hydrogen-bond donors (Lipinski definition) is 6. The number of nitrogens with one attached hydrogen (secondary N) is 4. The number of ketones is 1. The number of amides is 1. The summed E-state index contributed by atoms with van der Waals surface area (Å²) in [5, 5.41) is 32.1. The molecule has 0 saturated heterocycles. The number of hydrogen-bond acceptors (Lipinski definition) is 10. The molecule has 5 aromatic carbocycles. The largest absolute Gasteiger partial charge is 0.506 e. The van der Waals surface area contributed by atoms with Crippen molar-refractivity contribution in [2.24, 2.45) is 0 Å². The van der Waals surface area contributed by atoms with Gasteiger partial charge in [0.1, 0.15) is 11.5 Å². The predicted molar refractivity (Wildman–Crippen MR) is 263 cm³/mol. The van der Waals surface area contributed by atoms with E-state index in [4.69, 9.17) is 9.47 Å². The first-order valence-electron chi connectivity index (χ1n) is 22.7. The van der Waals surface area contributed by atoms with E-state index in [9.17, 15) is 24.6 Å². The monoisotopic (exact) mass is 889 g/mol. The van der Waals surface area contributed by atoms with Crippen LogP contribution in [-0.4, -0.2) is 65.3 Å². The standard InChI is InChI=1S/C54H59N5O7/c1-35-28-39(31-46-51(35)56-33-47(36(2)60)52(46)57-42-15-11-16-43(32-42)65-3)29-38-13-10-14-40(30-38)54(64)58-41-19-17-37(18-20-41)12-6-9-27-66-26-8-5-4-7-25-55-34-49(62)44-21-23-48(61)53-45(44)22-24-50(63)59-53/h10-11,13-24,28,30-33,49,55,61-62H,4-9,12,25-27,29,34H2,1-3H3,(H,56,57)(H,58,64)(H,59,63)/t49-/m0/s1. The second-order valence-corrected chi connectivity index (χ2v) is 16.8. The fourth-order valence-corrected chi connectivity index (χ4v) is 8.26. The highest BCUT2D eigenvalue weighted by molar-refractivity contribution is 6.09. The molecule has 12 nitrogen and oxygen atoms in total. The van der Waals surface area contributed by atoms with Crippen molar-refractivity contribution in [2.45, 2.75) is 71.3 Å². The van der Waals surface area contributed by atoms with E-state index in [0.717, 1.165) is 104 Å². The van der Waals surface area contributed by atoms with Gasteiger partial charge in [-0.05, 0) is 141 Å². The van der Waals surface area contributed by atoms with Crippen LogP contribution in [-0.2, 0) is 17.6 Å². The third kappa shape index (κ3) is 12.5. The third-order valence-electron chi connectivity index (χ3n) is 11.7. The van der Waals surface area contributed by atoms with Crippen molar-refractivity contribution in [3.05, 3.63) is 165 Å². The number of anilines is 3. The van der Waals surface area contributed by atoms with E-state index in [-0.39, 0.29) is 23.0 Å². The summed E-state index contributed by atoms with van der Waals surface area (Å²) in [6, 6.07) is 33.7. The van der Waals surface area contributed by atoms with Gasteiger partial charge in [-0.15, -0.1) is 0 Å². The van der Waals surface area contributed by atoms with Crippen LogP contribution in [0.2, 0.25) is 0 Å². The minimum atomic E-state index is -0.759. The number of rotatable bonds is 23. The maximum absolute atomic E-state index is 13.4. The van der Waals surface area contributed by atoms with E-state index in [1.807, 2.05) is 67.6 Å². The van der Waals surface area contributed by atoms with Gasteiger partial charge in [0, 0.05) is 65.8 Å². The molecule has 66 heavy (non-hydrogen) atoms. The quantitative estimate of drug-likeness (QED) is 0.0268. The number of aliphatic hydroxyl groups excluding tert-OH is 1. The van der Waals surface area contributed by atoms with E-state index in [2.05, 4.69) is 50.2 Å². The Hall–Kier alpha value is -6.86. The minimum absolute atomic E-state index is 0.0191. The Kier molecular flexibility index (Phi) is 16.3. The van der Waals surface area contributed by atoms with Crippen molar-refractivity contribution in [3.8, 4) is 11.5 Å². The molecule has 12 heteroatoms. The molecule has 2 heterocycles. The van der Waals surface area contributed by atoms with Crippen LogP contribution in [0, 0.1) is 6.92 Å². The zero-order valence-electron chi connectivity index (χ0n) is 37.9. The lowest BCUT2D eigenvalue weighted by Crippen LogP contribution is -2.22. The fraction of sp³-hybridized carbons (Fsp3) is 0.296. The first kappa shape index (κ1) is 47.1. The summed E-state index contributed by atoms with van der Waals surface area (Å²) in [4.78, 5) is 45.1. The molecule has 0 unspecified atom stereocenters. The van der Waals surface area contributed by atoms with Crippen molar-refractivity contribution >= 4 is 50.6 Å². The molecule has 0 aliphatic carbocycles. The van der Waals surface area contributed by atoms with E-state index in [1.54, 1.807) is 32.4 Å². The van der Waals surface area contributed by atoms with Gasteiger partial charge in [-0.2, -0.15) is 0 Å². The molecule has 0 bridgehead atoms. The summed E-state index contributed by atoms with van der Waals surface area (Å²) in [5.74, 6) is 0.423. The summed E-state index contributed by atoms with van der Waals surface area (Å²) >= 11 is 0. The highest BCUT2D eigenvalue weighted by atomic mass is 16.5. The number of ether oxygens (including phenoxy) is 2. The first-order chi connectivity index (χ1) is 32.1. The molecule has 0 aliphatic heterocycles. The summed E-state index contributed by atoms with van der Waals surface area (Å²) in [7, 11) is 1.62. The number of unbranched alkanes of at least 4 members (excludes halogenated alkanes) is 4. The lowest BCUT2D eigenvalue weighted by Gasteiger charge is -2.16. The van der Waals surface area contributed by atoms with Crippen LogP contribution in [0.3, 0.4) is 0 Å². The number of aryl methyl sites for hydroxylation is 2. The van der Waals surface area contributed by atoms with Crippen LogP contribution in [0.25, 0.3) is 21.8 Å². The molecular weight excluding hydrogens is 831 g/mol. The van der Waals surface area contributed by atoms with Gasteiger partial charge in [0.25, 0.3) is 5.91 Å². The topological polar surface area (TPSA) is 175 Å². The van der Waals surface area contributed by atoms with Gasteiger partial charge >= 0.3 is 0 Å². The Balaban J connectivity index is 0.802. The molecule has 1 atom stereocenters. The maximum atomic E-state index is 13.4. The van der Waals surface area contributed by atoms with Gasteiger partial charge in [-0.25, -0.2) is 0 Å². The highest BCUT2D eigenvalue weighted by Gasteiger charge is 2.17. The number of aromatic hydroxyl groups is 1. The van der Waals surface area contributed by atoms with E-state index in [1.165, 1.54) is 17.7 Å². The van der Waals surface area contributed by atoms with Crippen molar-refractivity contribution in [1.29, 1.82) is 0 Å². The molecule has 0 radical (unpaired) electrons. The number of Topliss-reactive ketones (excluding diaryl/α,β-unsaturated/α-hetero) is 1. The van der Waals surface area contributed by atoms with Crippen molar-refractivity contribution in [3.63, 3.8) is 0 Å². The molecular formula is C54H59N5O7. The van der Waals surface area contributed by atoms with Crippen LogP contribution in [0.5, 0.6) is 11.5 Å². The number of aromatic amines is 1. The van der Waals surface area contributed by atoms with E-state index in [0.29, 0.717) is 52.0 Å². The van der Waals surface area contributed by atoms with Gasteiger partial charge in [0.15, 0.2) is 5.78 Å². The fourth-order valence-electron chi connectivity index (χ4n) is 8.26. The molecule has 2 aromatic heterocycles. The van der Waals surface area contributed by atoms with E-state index >= 15 is 0 Å². The predicted octanol–water partition coefficient (Wildman–Crippen LogP) is 10.1. The zero-order valence-corrected chi connectivity index (χ0v) is 37.9. The van der Waals surface area contributed by atoms with Gasteiger partial charge in [0.05, 0.1) is 35.5 Å². The smallest absolute Gasteiger partial charge is 0.255 e. The third-order valence-corrected chi connectivity index (χ3v) is 11.7. The Morgan fingerprint density at radius 2 is 1.58 bits per heavy atom. The van der Waals surface area contributed by atoms with Gasteiger partial charge in [-0.3, -0.25) is 19.4 Å². The summed E-state index contributed by atoms with van der Waals surface area (Å²) in [6.07, 6.45) is 8.53. The second-order valence-electron chi connectivity index (χ2n) is 16.8. The molecule has 0 saturated carbocycles. The molecule has 7 rings (SSSR count). The van der Waals surface area contributed by atoms with Gasteiger partial charge in [-0.1, -0.05) is 55.3 Å². The number of phenols is 1. The van der Waals surface area contributed by atoms with Crippen molar-refractivity contribution in [2.75, 3.05) is 44.0 Å². The van der Waals surface area contributed by atoms with Gasteiger partial charge < -0.3 is 40.6 Å². The minimum Gasteiger partial charge on any atom is -0.506 e. The van der Waals surface area contributed by atoms with Crippen LogP contribution in [0.4, 0.5) is 17.1 Å². The highest BCUT2D eigenvalue weighted by Crippen LogP contribution is 2.34. The number of methoxy groups -OCH3 is 1. The van der Waals surface area contributed by atoms with Crippen LogP contribution < -0.4 is 26.2 Å². The average Bonchev–Trinajstić information content (AvgIpc) is 3.31. The first-order valence-corrected chi connectivity index (χ1v) is 22.7. The number of benzene rings is 5. The number of phenolic OH excluding ortho intramolecular Hbond substituents is 1. The Labute approximate surface area is 385 Å². The number of pyridine rings is 2. The van der Waals surface area contributed by atoms with Gasteiger partial charge in [0.2, 0.25) is 5.56 Å². The Bertz CT molecular complexity index is 2840. The lowest BCUT2D eigenvalue weighted by molar-refractivity contribution is 0.101. The summed E-state index contributed by atoms with van der Waals surface area (Å²) < 4.78 is 11.3.